The molecule has 1 aromatic carbocycles. The molecule has 2 N–H and O–H groups in total. The van der Waals surface area contributed by atoms with E-state index < -0.39 is 0 Å². The number of aromatic amines is 1. The van der Waals surface area contributed by atoms with E-state index in [2.05, 4.69) is 20.4 Å². The number of amides is 1. The van der Waals surface area contributed by atoms with Crippen LogP contribution >= 0.6 is 11.3 Å². The van der Waals surface area contributed by atoms with Gasteiger partial charge in [0, 0.05) is 12.5 Å². The van der Waals surface area contributed by atoms with Crippen molar-refractivity contribution in [2.24, 2.45) is 0 Å². The number of carbonyl (C=O) groups excluding carboxylic acids is 1. The molecule has 0 aliphatic carbocycles. The van der Waals surface area contributed by atoms with Gasteiger partial charge in [0.2, 0.25) is 5.78 Å². The molecular formula is C17H13N5O2S. The van der Waals surface area contributed by atoms with Crippen molar-refractivity contribution in [3.63, 3.8) is 0 Å². The van der Waals surface area contributed by atoms with Crippen molar-refractivity contribution in [2.75, 3.05) is 5.32 Å². The largest absolute Gasteiger partial charge is 0.306 e. The highest BCUT2D eigenvalue weighted by atomic mass is 32.1. The highest BCUT2D eigenvalue weighted by Gasteiger charge is 2.13. The molecule has 7 nitrogen and oxygen atoms in total. The van der Waals surface area contributed by atoms with Crippen molar-refractivity contribution >= 4 is 28.8 Å². The third kappa shape index (κ3) is 3.20. The molecule has 0 aliphatic heterocycles. The number of rotatable bonds is 4. The number of hydrogen-bond acceptors (Lipinski definition) is 5. The summed E-state index contributed by atoms with van der Waals surface area (Å²) >= 11 is 1.32. The maximum atomic E-state index is 12.3. The smallest absolute Gasteiger partial charge is 0.266 e. The number of thiophene rings is 1. The van der Waals surface area contributed by atoms with Crippen molar-refractivity contribution in [1.29, 1.82) is 0 Å². The van der Waals surface area contributed by atoms with Crippen LogP contribution in [0.4, 0.5) is 5.82 Å². The zero-order valence-electron chi connectivity index (χ0n) is 13.0. The molecule has 0 radical (unpaired) electrons. The summed E-state index contributed by atoms with van der Waals surface area (Å²) in [6, 6.07) is 14.6. The predicted molar refractivity (Wildman–Crippen MR) is 95.1 cm³/mol. The zero-order chi connectivity index (χ0) is 17.2. The molecule has 0 spiro atoms. The number of benzene rings is 1. The number of hydrogen-bond donors (Lipinski definition) is 2. The SMILES string of the molecule is O=C(Nc1cc(=O)[nH]c2nc(Cc3ccccc3)nn12)c1cccs1. The van der Waals surface area contributed by atoms with E-state index in [0.717, 1.165) is 5.56 Å². The van der Waals surface area contributed by atoms with E-state index in [-0.39, 0.29) is 17.3 Å². The topological polar surface area (TPSA) is 92.1 Å². The number of aromatic nitrogens is 4. The predicted octanol–water partition coefficient (Wildman–Crippen LogP) is 2.32. The Balaban J connectivity index is 1.69. The Morgan fingerprint density at radius 1 is 1.20 bits per heavy atom. The van der Waals surface area contributed by atoms with Gasteiger partial charge in [-0.15, -0.1) is 16.4 Å². The summed E-state index contributed by atoms with van der Waals surface area (Å²) in [6.45, 7) is 0. The Hall–Kier alpha value is -3.26. The third-order valence-electron chi connectivity index (χ3n) is 3.57. The summed E-state index contributed by atoms with van der Waals surface area (Å²) in [5, 5.41) is 8.94. The first kappa shape index (κ1) is 15.3. The van der Waals surface area contributed by atoms with Gasteiger partial charge in [-0.25, -0.2) is 0 Å². The summed E-state index contributed by atoms with van der Waals surface area (Å²) in [7, 11) is 0. The van der Waals surface area contributed by atoms with Crippen molar-refractivity contribution in [3.05, 3.63) is 80.5 Å². The van der Waals surface area contributed by atoms with E-state index in [0.29, 0.717) is 22.9 Å². The molecular weight excluding hydrogens is 338 g/mol. The molecule has 3 aromatic heterocycles. The molecule has 0 fully saturated rings. The normalized spacial score (nSPS) is 10.9. The molecule has 4 rings (SSSR count). The minimum Gasteiger partial charge on any atom is -0.306 e. The van der Waals surface area contributed by atoms with E-state index in [1.807, 2.05) is 35.7 Å². The average molecular weight is 351 g/mol. The van der Waals surface area contributed by atoms with Gasteiger partial charge in [-0.2, -0.15) is 9.50 Å². The Morgan fingerprint density at radius 2 is 2.04 bits per heavy atom. The van der Waals surface area contributed by atoms with E-state index in [9.17, 15) is 9.59 Å². The molecule has 0 saturated heterocycles. The van der Waals surface area contributed by atoms with Crippen LogP contribution in [0.1, 0.15) is 21.1 Å². The Bertz CT molecular complexity index is 1080. The van der Waals surface area contributed by atoms with Crippen molar-refractivity contribution in [2.45, 2.75) is 6.42 Å². The molecule has 0 bridgehead atoms. The summed E-state index contributed by atoms with van der Waals surface area (Å²) in [4.78, 5) is 31.6. The summed E-state index contributed by atoms with van der Waals surface area (Å²) in [5.41, 5.74) is 0.706. The first-order valence-corrected chi connectivity index (χ1v) is 8.45. The lowest BCUT2D eigenvalue weighted by molar-refractivity contribution is 0.103. The Morgan fingerprint density at radius 3 is 2.80 bits per heavy atom. The second kappa shape index (κ2) is 6.33. The first-order chi connectivity index (χ1) is 12.2. The Kier molecular flexibility index (Phi) is 3.87. The standard InChI is InChI=1S/C17H13N5O2S/c23-15-10-14(19-16(24)12-7-4-8-25-12)22-17(20-15)18-13(21-22)9-11-5-2-1-3-6-11/h1-8,10H,9H2,(H,19,24)(H,18,20,21,23). The summed E-state index contributed by atoms with van der Waals surface area (Å²) < 4.78 is 1.44. The zero-order valence-corrected chi connectivity index (χ0v) is 13.8. The lowest BCUT2D eigenvalue weighted by Crippen LogP contribution is -2.18. The van der Waals surface area contributed by atoms with Crippen molar-refractivity contribution < 1.29 is 4.79 Å². The van der Waals surface area contributed by atoms with Crippen LogP contribution < -0.4 is 10.9 Å². The van der Waals surface area contributed by atoms with Gasteiger partial charge in [-0.1, -0.05) is 36.4 Å². The van der Waals surface area contributed by atoms with E-state index in [4.69, 9.17) is 0 Å². The second-order valence-electron chi connectivity index (χ2n) is 5.38. The second-order valence-corrected chi connectivity index (χ2v) is 6.32. The summed E-state index contributed by atoms with van der Waals surface area (Å²) in [6.07, 6.45) is 0.531. The lowest BCUT2D eigenvalue weighted by Gasteiger charge is -2.04. The molecule has 1 amide bonds. The van der Waals surface area contributed by atoms with Gasteiger partial charge in [0.25, 0.3) is 11.5 Å². The minimum atomic E-state index is -0.354. The fourth-order valence-corrected chi connectivity index (χ4v) is 3.08. The third-order valence-corrected chi connectivity index (χ3v) is 4.44. The van der Waals surface area contributed by atoms with Crippen molar-refractivity contribution in [3.8, 4) is 0 Å². The monoisotopic (exact) mass is 351 g/mol. The highest BCUT2D eigenvalue weighted by molar-refractivity contribution is 7.12. The van der Waals surface area contributed by atoms with Crippen LogP contribution in [0.3, 0.4) is 0 Å². The number of H-pyrrole nitrogens is 1. The average Bonchev–Trinajstić information content (AvgIpc) is 3.25. The number of fused-ring (bicyclic) bond motifs is 1. The highest BCUT2D eigenvalue weighted by Crippen LogP contribution is 2.13. The maximum absolute atomic E-state index is 12.3. The molecule has 3 heterocycles. The van der Waals surface area contributed by atoms with Crippen LogP contribution in [0.15, 0.2) is 58.7 Å². The van der Waals surface area contributed by atoms with E-state index in [1.54, 1.807) is 12.1 Å². The quantitative estimate of drug-likeness (QED) is 0.590. The van der Waals surface area contributed by atoms with Crippen LogP contribution in [-0.4, -0.2) is 25.5 Å². The molecule has 25 heavy (non-hydrogen) atoms. The van der Waals surface area contributed by atoms with Gasteiger partial charge in [0.1, 0.15) is 5.82 Å². The molecule has 0 atom stereocenters. The van der Waals surface area contributed by atoms with E-state index >= 15 is 0 Å². The minimum absolute atomic E-state index is 0.281. The van der Waals surface area contributed by atoms with Crippen LogP contribution in [0.5, 0.6) is 0 Å². The fraction of sp³-hybridized carbons (Fsp3) is 0.0588. The van der Waals surface area contributed by atoms with Crippen LogP contribution in [0, 0.1) is 0 Å². The van der Waals surface area contributed by atoms with Crippen LogP contribution in [0.2, 0.25) is 0 Å². The lowest BCUT2D eigenvalue weighted by atomic mass is 10.1. The van der Waals surface area contributed by atoms with Gasteiger partial charge in [-0.05, 0) is 17.0 Å². The fourth-order valence-electron chi connectivity index (χ4n) is 2.46. The van der Waals surface area contributed by atoms with Gasteiger partial charge in [0.05, 0.1) is 4.88 Å². The molecule has 0 unspecified atom stereocenters. The molecule has 0 saturated carbocycles. The van der Waals surface area contributed by atoms with Crippen LogP contribution in [-0.2, 0) is 6.42 Å². The number of anilines is 1. The molecule has 4 aromatic rings. The number of nitrogens with zero attached hydrogens (tertiary/aromatic N) is 3. The van der Waals surface area contributed by atoms with Gasteiger partial charge in [-0.3, -0.25) is 14.6 Å². The first-order valence-electron chi connectivity index (χ1n) is 7.57. The maximum Gasteiger partial charge on any atom is 0.266 e. The van der Waals surface area contributed by atoms with Gasteiger partial charge < -0.3 is 5.32 Å². The Labute approximate surface area is 146 Å². The van der Waals surface area contributed by atoms with Crippen LogP contribution in [0.25, 0.3) is 5.78 Å². The van der Waals surface area contributed by atoms with Crippen molar-refractivity contribution in [1.82, 2.24) is 19.6 Å². The molecule has 8 heteroatoms. The van der Waals surface area contributed by atoms with Gasteiger partial charge in [0.15, 0.2) is 5.82 Å². The summed E-state index contributed by atoms with van der Waals surface area (Å²) in [5.74, 6) is 0.838. The number of carbonyl (C=O) groups is 1. The van der Waals surface area contributed by atoms with E-state index in [1.165, 1.54) is 21.9 Å². The number of nitrogens with one attached hydrogen (secondary N) is 2. The van der Waals surface area contributed by atoms with Gasteiger partial charge >= 0.3 is 0 Å². The molecule has 0 aliphatic rings. The molecule has 124 valence electrons.